The van der Waals surface area contributed by atoms with Crippen molar-refractivity contribution in [2.45, 2.75) is 322 Å². The molecule has 0 fully saturated rings. The van der Waals surface area contributed by atoms with Crippen molar-refractivity contribution in [2.24, 2.45) is 0 Å². The first kappa shape index (κ1) is 91.6. The minimum Gasteiger partial charge on any atom is -0.477 e. The van der Waals surface area contributed by atoms with E-state index in [1.54, 1.807) is 0 Å². The van der Waals surface area contributed by atoms with Crippen LogP contribution in [0.1, 0.15) is 309 Å². The van der Waals surface area contributed by atoms with E-state index in [0.29, 0.717) is 17.4 Å². The molecule has 0 bridgehead atoms. The Morgan fingerprint density at radius 1 is 0.320 bits per heavy atom. The van der Waals surface area contributed by atoms with Gasteiger partial charge in [-0.1, -0.05) is 332 Å². The molecule has 0 saturated heterocycles. The van der Waals surface area contributed by atoms with E-state index in [9.17, 15) is 19.5 Å². The third-order valence-electron chi connectivity index (χ3n) is 16.5. The molecular weight excluding hydrogens is 1200 g/mol. The number of rotatable bonds is 71. The maximum absolute atomic E-state index is 13.0. The first-order chi connectivity index (χ1) is 47.6. The summed E-state index contributed by atoms with van der Waals surface area (Å²) in [5.41, 5.74) is 0. The van der Waals surface area contributed by atoms with E-state index < -0.39 is 24.3 Å². The van der Waals surface area contributed by atoms with Gasteiger partial charge in [-0.2, -0.15) is 0 Å². The second-order valence-electron chi connectivity index (χ2n) is 26.9. The van der Waals surface area contributed by atoms with E-state index in [1.807, 2.05) is 21.1 Å². The summed E-state index contributed by atoms with van der Waals surface area (Å²) in [7, 11) is 5.96. The van der Waals surface area contributed by atoms with Gasteiger partial charge in [0.25, 0.3) is 6.29 Å². The number of hydrogen-bond donors (Lipinski definition) is 1. The number of hydrogen-bond acceptors (Lipinski definition) is 7. The van der Waals surface area contributed by atoms with Gasteiger partial charge in [-0.15, -0.1) is 0 Å². The molecule has 0 saturated carbocycles. The van der Waals surface area contributed by atoms with Crippen LogP contribution >= 0.6 is 0 Å². The number of quaternary nitrogens is 1. The first-order valence-corrected chi connectivity index (χ1v) is 39.3. The van der Waals surface area contributed by atoms with Crippen molar-refractivity contribution < 1.29 is 42.9 Å². The van der Waals surface area contributed by atoms with Crippen molar-refractivity contribution >= 4 is 17.9 Å². The Bertz CT molecular complexity index is 2210. The van der Waals surface area contributed by atoms with Crippen LogP contribution in [0.25, 0.3) is 0 Å². The van der Waals surface area contributed by atoms with Gasteiger partial charge in [-0.25, -0.2) is 4.79 Å². The van der Waals surface area contributed by atoms with Gasteiger partial charge < -0.3 is 28.5 Å². The molecule has 97 heavy (non-hydrogen) atoms. The number of carbonyl (C=O) groups excluding carboxylic acids is 2. The average Bonchev–Trinajstić information content (AvgIpc) is 2.39. The predicted octanol–water partition coefficient (Wildman–Crippen LogP) is 25.4. The molecule has 0 aromatic carbocycles. The number of unbranched alkanes of at least 4 members (excludes halogenated alkanes) is 28. The highest BCUT2D eigenvalue weighted by atomic mass is 16.7. The van der Waals surface area contributed by atoms with Crippen LogP contribution in [0.2, 0.25) is 0 Å². The van der Waals surface area contributed by atoms with Crippen LogP contribution in [0.4, 0.5) is 0 Å². The molecule has 2 unspecified atom stereocenters. The van der Waals surface area contributed by atoms with Crippen molar-refractivity contribution in [1.82, 2.24) is 0 Å². The van der Waals surface area contributed by atoms with E-state index in [4.69, 9.17) is 18.9 Å². The number of aliphatic carboxylic acids is 1. The van der Waals surface area contributed by atoms with Gasteiger partial charge in [0, 0.05) is 12.8 Å². The van der Waals surface area contributed by atoms with Crippen molar-refractivity contribution in [3.05, 3.63) is 170 Å². The van der Waals surface area contributed by atoms with Crippen molar-refractivity contribution in [2.75, 3.05) is 47.5 Å². The van der Waals surface area contributed by atoms with E-state index in [2.05, 4.69) is 184 Å². The van der Waals surface area contributed by atoms with Crippen LogP contribution in [-0.2, 0) is 33.3 Å². The van der Waals surface area contributed by atoms with E-state index in [1.165, 1.54) is 161 Å². The number of carbonyl (C=O) groups is 3. The quantitative estimate of drug-likeness (QED) is 0.0211. The third kappa shape index (κ3) is 77.9. The van der Waals surface area contributed by atoms with Gasteiger partial charge in [0.1, 0.15) is 13.2 Å². The smallest absolute Gasteiger partial charge is 0.361 e. The Labute approximate surface area is 597 Å². The highest BCUT2D eigenvalue weighted by Gasteiger charge is 2.25. The molecule has 1 N–H and O–H groups in total. The maximum atomic E-state index is 13.0. The molecule has 0 aromatic rings. The Morgan fingerprint density at radius 3 is 0.897 bits per heavy atom. The molecule has 2 atom stereocenters. The summed E-state index contributed by atoms with van der Waals surface area (Å²) in [5, 5.41) is 9.77. The summed E-state index contributed by atoms with van der Waals surface area (Å²) in [4.78, 5) is 37.7. The van der Waals surface area contributed by atoms with Crippen molar-refractivity contribution in [1.29, 1.82) is 0 Å². The van der Waals surface area contributed by atoms with Crippen molar-refractivity contribution in [3.8, 4) is 0 Å². The summed E-state index contributed by atoms with van der Waals surface area (Å²) in [6, 6.07) is 0. The Balaban J connectivity index is 4.18. The molecule has 0 aromatic heterocycles. The molecule has 0 aliphatic rings. The monoisotopic (exact) mass is 1350 g/mol. The second kappa shape index (κ2) is 76.4. The summed E-state index contributed by atoms with van der Waals surface area (Å²) in [6.45, 7) is 4.71. The lowest BCUT2D eigenvalue weighted by molar-refractivity contribution is -0.870. The fraction of sp³-hybridized carbons (Fsp3) is 0.648. The molecule has 0 aliphatic carbocycles. The van der Waals surface area contributed by atoms with Gasteiger partial charge in [0.05, 0.1) is 34.4 Å². The van der Waals surface area contributed by atoms with Gasteiger partial charge in [-0.3, -0.25) is 9.59 Å². The lowest BCUT2D eigenvalue weighted by Gasteiger charge is -2.25. The van der Waals surface area contributed by atoms with E-state index in [-0.39, 0.29) is 38.6 Å². The Hall–Kier alpha value is -5.35. The molecule has 0 aliphatic heterocycles. The van der Waals surface area contributed by atoms with Gasteiger partial charge in [0.2, 0.25) is 0 Å². The molecule has 0 rings (SSSR count). The highest BCUT2D eigenvalue weighted by Crippen LogP contribution is 2.17. The average molecular weight is 1350 g/mol. The standard InChI is InChI=1S/C88H145NO8/c1-6-8-10-12-14-16-18-20-22-24-26-28-30-32-34-36-38-40-41-42-43-44-45-47-49-51-53-55-57-59-61-63-65-67-69-71-73-75-77-79-86(91)97-84(83-96-88(87(92)93)94-81-80-89(3,4)5)82-95-85(90)78-76-74-72-70-68-66-64-62-60-58-56-54-52-50-48-46-39-37-35-33-31-29-27-25-23-21-19-17-15-13-11-9-7-2/h8,10,14,16,19-22,25-28,32,34,38,40,42-43,45,47,51,53,57,59,63,65,69,71,84,88H,6-7,9,11-13,15,17-18,23-24,29-31,33,35-37,39,41,44,46,48-50,52,54-56,58,60-62,64,66-68,70,72-83H2,1-5H3/p+1/b10-8-,16-14-,21-19-,22-20-,27-25-,28-26-,34-32-,40-38-,43-42-,47-45-,53-51-,59-57-,65-63-,71-69-. The maximum Gasteiger partial charge on any atom is 0.361 e. The summed E-state index contributed by atoms with van der Waals surface area (Å²) < 4.78 is 23.0. The van der Waals surface area contributed by atoms with E-state index in [0.717, 1.165) is 116 Å². The molecule has 550 valence electrons. The zero-order valence-electron chi connectivity index (χ0n) is 62.9. The number of nitrogens with zero attached hydrogens (tertiary/aromatic N) is 1. The largest absolute Gasteiger partial charge is 0.477 e. The third-order valence-corrected chi connectivity index (χ3v) is 16.5. The molecule has 9 nitrogen and oxygen atoms in total. The number of carboxylic acids is 1. The highest BCUT2D eigenvalue weighted by molar-refractivity contribution is 5.71. The molecule has 0 amide bonds. The SMILES string of the molecule is CC/C=C\C/C=C\C/C=C\C/C=C\C/C=C\C/C=C\C/C=C\C/C=C\C/C=C\C/C=C\C/C=C\C/C=C\CCCCC(=O)OC(COC(=O)CCCCCCCCCCCCCCCCCCCCCCC/C=C\C/C=C\CCCCCCC)COC(OCC[N+](C)(C)C)C(=O)O. The second-order valence-corrected chi connectivity index (χ2v) is 26.9. The number of ether oxygens (including phenoxy) is 4. The number of allylic oxidation sites excluding steroid dienone is 28. The Morgan fingerprint density at radius 2 is 0.588 bits per heavy atom. The van der Waals surface area contributed by atoms with Crippen LogP contribution in [0.3, 0.4) is 0 Å². The lowest BCUT2D eigenvalue weighted by Crippen LogP contribution is -2.40. The molecule has 9 heteroatoms. The molecule has 0 heterocycles. The normalized spacial score (nSPS) is 13.6. The van der Waals surface area contributed by atoms with Crippen molar-refractivity contribution in [3.63, 3.8) is 0 Å². The van der Waals surface area contributed by atoms with E-state index >= 15 is 0 Å². The fourth-order valence-electron chi connectivity index (χ4n) is 10.5. The summed E-state index contributed by atoms with van der Waals surface area (Å²) in [5.74, 6) is -2.07. The Kier molecular flexibility index (Phi) is 72.2. The fourth-order valence-corrected chi connectivity index (χ4v) is 10.5. The number of esters is 2. The molecule has 0 radical (unpaired) electrons. The molecular formula is C88H146NO8+. The number of carboxylic acid groups (broad SMARTS) is 1. The summed E-state index contributed by atoms with van der Waals surface area (Å²) >= 11 is 0. The minimum absolute atomic E-state index is 0.172. The first-order valence-electron chi connectivity index (χ1n) is 39.3. The van der Waals surface area contributed by atoms with Gasteiger partial charge in [0.15, 0.2) is 6.10 Å². The lowest BCUT2D eigenvalue weighted by atomic mass is 10.0. The summed E-state index contributed by atoms with van der Waals surface area (Å²) in [6.07, 6.45) is 112. The van der Waals surface area contributed by atoms with Crippen LogP contribution in [0.5, 0.6) is 0 Å². The zero-order chi connectivity index (χ0) is 70.4. The van der Waals surface area contributed by atoms with Crippen LogP contribution in [0.15, 0.2) is 170 Å². The van der Waals surface area contributed by atoms with Gasteiger partial charge >= 0.3 is 17.9 Å². The zero-order valence-corrected chi connectivity index (χ0v) is 62.9. The predicted molar refractivity (Wildman–Crippen MR) is 419 cm³/mol. The molecule has 0 spiro atoms. The topological polar surface area (TPSA) is 108 Å². The number of likely N-dealkylation sites (N-methyl/N-ethyl adjacent to an activating group) is 1. The van der Waals surface area contributed by atoms with Crippen LogP contribution in [-0.4, -0.2) is 87.4 Å². The minimum atomic E-state index is -1.53. The van der Waals surface area contributed by atoms with Crippen LogP contribution < -0.4 is 0 Å². The van der Waals surface area contributed by atoms with Crippen LogP contribution in [0, 0.1) is 0 Å². The van der Waals surface area contributed by atoms with Gasteiger partial charge in [-0.05, 0) is 135 Å².